The van der Waals surface area contributed by atoms with E-state index in [2.05, 4.69) is 38.2 Å². The summed E-state index contributed by atoms with van der Waals surface area (Å²) in [5.41, 5.74) is 1.28. The second kappa shape index (κ2) is 8.55. The number of hydrogen-bond acceptors (Lipinski definition) is 1. The number of aryl methyl sites for hydroxylation is 1. The quantitative estimate of drug-likeness (QED) is 0.721. The Morgan fingerprint density at radius 1 is 1.22 bits per heavy atom. The predicted octanol–water partition coefficient (Wildman–Crippen LogP) is 4.69. The van der Waals surface area contributed by atoms with Crippen LogP contribution in [-0.2, 0) is 6.42 Å². The largest absolute Gasteiger partial charge is 0.314 e. The summed E-state index contributed by atoms with van der Waals surface area (Å²) in [4.78, 5) is 0. The molecule has 0 radical (unpaired) electrons. The zero-order valence-electron chi connectivity index (χ0n) is 11.9. The van der Waals surface area contributed by atoms with Gasteiger partial charge in [0.1, 0.15) is 0 Å². The van der Waals surface area contributed by atoms with Gasteiger partial charge in [0.25, 0.3) is 0 Å². The minimum Gasteiger partial charge on any atom is -0.314 e. The van der Waals surface area contributed by atoms with Gasteiger partial charge < -0.3 is 5.32 Å². The fraction of sp³-hybridized carbons (Fsp3) is 0.625. The highest BCUT2D eigenvalue weighted by Gasteiger charge is 2.11. The molecule has 1 rings (SSSR count). The van der Waals surface area contributed by atoms with Crippen LogP contribution in [0.3, 0.4) is 0 Å². The molecule has 102 valence electrons. The zero-order chi connectivity index (χ0) is 13.4. The summed E-state index contributed by atoms with van der Waals surface area (Å²) < 4.78 is 0. The van der Waals surface area contributed by atoms with E-state index >= 15 is 0 Å². The Hall–Kier alpha value is -0.530. The molecule has 1 aromatic rings. The van der Waals surface area contributed by atoms with Crippen LogP contribution in [0.4, 0.5) is 0 Å². The molecule has 0 fully saturated rings. The smallest absolute Gasteiger partial charge is 0.0437 e. The maximum absolute atomic E-state index is 6.17. The maximum Gasteiger partial charge on any atom is 0.0437 e. The van der Waals surface area contributed by atoms with Gasteiger partial charge in [-0.3, -0.25) is 0 Å². The molecule has 1 N–H and O–H groups in total. The standard InChI is InChI=1S/C16H26ClN/c1-4-12-18-16(13(2)3)11-7-9-14-8-5-6-10-15(14)17/h5-6,8,10,13,16,18H,4,7,9,11-12H2,1-3H3. The van der Waals surface area contributed by atoms with E-state index in [1.165, 1.54) is 24.8 Å². The van der Waals surface area contributed by atoms with Crippen LogP contribution < -0.4 is 5.32 Å². The highest BCUT2D eigenvalue weighted by Crippen LogP contribution is 2.18. The van der Waals surface area contributed by atoms with Crippen molar-refractivity contribution in [1.82, 2.24) is 5.32 Å². The Balaban J connectivity index is 2.36. The van der Waals surface area contributed by atoms with Crippen LogP contribution in [0.2, 0.25) is 5.02 Å². The van der Waals surface area contributed by atoms with Crippen LogP contribution >= 0.6 is 11.6 Å². The van der Waals surface area contributed by atoms with Gasteiger partial charge in [-0.05, 0) is 49.8 Å². The lowest BCUT2D eigenvalue weighted by Crippen LogP contribution is -2.34. The molecule has 1 nitrogen and oxygen atoms in total. The number of hydrogen-bond donors (Lipinski definition) is 1. The van der Waals surface area contributed by atoms with Crippen molar-refractivity contribution < 1.29 is 0 Å². The Bertz CT molecular complexity index is 336. The average molecular weight is 268 g/mol. The summed E-state index contributed by atoms with van der Waals surface area (Å²) in [5.74, 6) is 0.697. The maximum atomic E-state index is 6.17. The predicted molar refractivity (Wildman–Crippen MR) is 81.3 cm³/mol. The molecule has 0 heterocycles. The average Bonchev–Trinajstić information content (AvgIpc) is 2.35. The van der Waals surface area contributed by atoms with E-state index in [9.17, 15) is 0 Å². The molecular weight excluding hydrogens is 242 g/mol. The van der Waals surface area contributed by atoms with Crippen molar-refractivity contribution in [3.8, 4) is 0 Å². The Kier molecular flexibility index (Phi) is 7.38. The van der Waals surface area contributed by atoms with Crippen molar-refractivity contribution in [3.05, 3.63) is 34.9 Å². The highest BCUT2D eigenvalue weighted by molar-refractivity contribution is 6.31. The molecule has 1 unspecified atom stereocenters. The third-order valence-electron chi connectivity index (χ3n) is 3.38. The van der Waals surface area contributed by atoms with Gasteiger partial charge in [0.15, 0.2) is 0 Å². The number of benzene rings is 1. The van der Waals surface area contributed by atoms with Crippen LogP contribution in [-0.4, -0.2) is 12.6 Å². The molecule has 0 saturated heterocycles. The van der Waals surface area contributed by atoms with Crippen molar-refractivity contribution in [2.75, 3.05) is 6.54 Å². The molecule has 0 spiro atoms. The van der Waals surface area contributed by atoms with Crippen LogP contribution in [0, 0.1) is 5.92 Å². The summed E-state index contributed by atoms with van der Waals surface area (Å²) in [6.45, 7) is 7.93. The molecule has 0 aliphatic carbocycles. The Morgan fingerprint density at radius 2 is 1.94 bits per heavy atom. The van der Waals surface area contributed by atoms with Gasteiger partial charge >= 0.3 is 0 Å². The molecule has 1 atom stereocenters. The molecule has 0 bridgehead atoms. The highest BCUT2D eigenvalue weighted by atomic mass is 35.5. The van der Waals surface area contributed by atoms with Crippen molar-refractivity contribution in [2.45, 2.75) is 52.5 Å². The third-order valence-corrected chi connectivity index (χ3v) is 3.75. The first-order chi connectivity index (χ1) is 8.65. The number of nitrogens with one attached hydrogen (secondary N) is 1. The van der Waals surface area contributed by atoms with Crippen molar-refractivity contribution in [2.24, 2.45) is 5.92 Å². The van der Waals surface area contributed by atoms with E-state index in [4.69, 9.17) is 11.6 Å². The van der Waals surface area contributed by atoms with E-state index in [-0.39, 0.29) is 0 Å². The molecule has 2 heteroatoms. The first kappa shape index (κ1) is 15.5. The first-order valence-electron chi connectivity index (χ1n) is 7.12. The minimum atomic E-state index is 0.632. The summed E-state index contributed by atoms with van der Waals surface area (Å²) in [6.07, 6.45) is 4.70. The minimum absolute atomic E-state index is 0.632. The topological polar surface area (TPSA) is 12.0 Å². The van der Waals surface area contributed by atoms with E-state index < -0.39 is 0 Å². The summed E-state index contributed by atoms with van der Waals surface area (Å²) in [5, 5.41) is 4.54. The lowest BCUT2D eigenvalue weighted by atomic mass is 9.96. The van der Waals surface area contributed by atoms with Gasteiger partial charge in [-0.1, -0.05) is 50.6 Å². The SMILES string of the molecule is CCCNC(CCCc1ccccc1Cl)C(C)C. The molecular formula is C16H26ClN. The van der Waals surface area contributed by atoms with E-state index in [0.29, 0.717) is 12.0 Å². The number of halogens is 1. The van der Waals surface area contributed by atoms with Crippen molar-refractivity contribution in [3.63, 3.8) is 0 Å². The van der Waals surface area contributed by atoms with E-state index in [1.54, 1.807) is 0 Å². The fourth-order valence-electron chi connectivity index (χ4n) is 2.21. The van der Waals surface area contributed by atoms with Crippen LogP contribution in [0.15, 0.2) is 24.3 Å². The van der Waals surface area contributed by atoms with Gasteiger partial charge in [-0.25, -0.2) is 0 Å². The number of rotatable bonds is 8. The zero-order valence-corrected chi connectivity index (χ0v) is 12.6. The Labute approximate surface area is 117 Å². The second-order valence-electron chi connectivity index (χ2n) is 5.29. The van der Waals surface area contributed by atoms with Crippen LogP contribution in [0.5, 0.6) is 0 Å². The molecule has 18 heavy (non-hydrogen) atoms. The van der Waals surface area contributed by atoms with Gasteiger partial charge in [0, 0.05) is 11.1 Å². The van der Waals surface area contributed by atoms with Crippen molar-refractivity contribution >= 4 is 11.6 Å². The van der Waals surface area contributed by atoms with E-state index in [0.717, 1.165) is 18.0 Å². The van der Waals surface area contributed by atoms with E-state index in [1.807, 2.05) is 12.1 Å². The summed E-state index contributed by atoms with van der Waals surface area (Å²) >= 11 is 6.17. The third kappa shape index (κ3) is 5.41. The van der Waals surface area contributed by atoms with Crippen LogP contribution in [0.1, 0.15) is 45.6 Å². The van der Waals surface area contributed by atoms with Gasteiger partial charge in [-0.2, -0.15) is 0 Å². The summed E-state index contributed by atoms with van der Waals surface area (Å²) in [7, 11) is 0. The molecule has 1 aromatic carbocycles. The fourth-order valence-corrected chi connectivity index (χ4v) is 2.44. The normalized spacial score (nSPS) is 12.9. The molecule has 0 aliphatic heterocycles. The Morgan fingerprint density at radius 3 is 2.56 bits per heavy atom. The van der Waals surface area contributed by atoms with Crippen LogP contribution in [0.25, 0.3) is 0 Å². The van der Waals surface area contributed by atoms with Gasteiger partial charge in [0.2, 0.25) is 0 Å². The summed E-state index contributed by atoms with van der Waals surface area (Å²) in [6, 6.07) is 8.80. The second-order valence-corrected chi connectivity index (χ2v) is 5.70. The van der Waals surface area contributed by atoms with Gasteiger partial charge in [-0.15, -0.1) is 0 Å². The van der Waals surface area contributed by atoms with Gasteiger partial charge in [0.05, 0.1) is 0 Å². The lowest BCUT2D eigenvalue weighted by Gasteiger charge is -2.22. The molecule has 0 aromatic heterocycles. The monoisotopic (exact) mass is 267 g/mol. The molecule has 0 saturated carbocycles. The molecule has 0 aliphatic rings. The molecule has 0 amide bonds. The first-order valence-corrected chi connectivity index (χ1v) is 7.49. The van der Waals surface area contributed by atoms with Crippen molar-refractivity contribution in [1.29, 1.82) is 0 Å². The lowest BCUT2D eigenvalue weighted by molar-refractivity contribution is 0.370.